The fraction of sp³-hybridized carbons (Fsp3) is 0.647. The third-order valence-corrected chi connectivity index (χ3v) is 4.04. The van der Waals surface area contributed by atoms with E-state index in [4.69, 9.17) is 4.74 Å². The molecule has 0 aliphatic heterocycles. The summed E-state index contributed by atoms with van der Waals surface area (Å²) in [4.78, 5) is 0. The van der Waals surface area contributed by atoms with E-state index >= 15 is 0 Å². The average molecular weight is 281 g/mol. The summed E-state index contributed by atoms with van der Waals surface area (Å²) in [7, 11) is 3.46. The number of ether oxygens (including phenoxy) is 1. The molecule has 1 aromatic rings. The summed E-state index contributed by atoms with van der Waals surface area (Å²) in [5, 5.41) is 3.26. The Morgan fingerprint density at radius 2 is 2.05 bits per heavy atom. The largest absolute Gasteiger partial charge is 0.497 e. The maximum Gasteiger partial charge on any atom is 0.131 e. The summed E-state index contributed by atoms with van der Waals surface area (Å²) >= 11 is 0. The number of halogens is 1. The lowest BCUT2D eigenvalue weighted by Gasteiger charge is -2.23. The number of hydrogen-bond acceptors (Lipinski definition) is 2. The molecular formula is C17H28FNO. The molecule has 0 aliphatic carbocycles. The summed E-state index contributed by atoms with van der Waals surface area (Å²) in [6.07, 6.45) is 5.83. The van der Waals surface area contributed by atoms with E-state index in [0.29, 0.717) is 11.7 Å². The first-order chi connectivity index (χ1) is 9.65. The second-order valence-corrected chi connectivity index (χ2v) is 5.38. The fourth-order valence-electron chi connectivity index (χ4n) is 2.63. The third-order valence-electron chi connectivity index (χ3n) is 4.04. The first kappa shape index (κ1) is 17.0. The van der Waals surface area contributed by atoms with E-state index in [-0.39, 0.29) is 11.9 Å². The van der Waals surface area contributed by atoms with Gasteiger partial charge in [0, 0.05) is 17.7 Å². The second-order valence-electron chi connectivity index (χ2n) is 5.38. The summed E-state index contributed by atoms with van der Waals surface area (Å²) in [6, 6.07) is 5.20. The summed E-state index contributed by atoms with van der Waals surface area (Å²) in [6.45, 7) is 4.43. The predicted molar refractivity (Wildman–Crippen MR) is 82.7 cm³/mol. The molecule has 0 heterocycles. The number of rotatable bonds is 9. The van der Waals surface area contributed by atoms with Gasteiger partial charge in [-0.25, -0.2) is 4.39 Å². The smallest absolute Gasteiger partial charge is 0.131 e. The molecule has 0 saturated heterocycles. The van der Waals surface area contributed by atoms with Crippen molar-refractivity contribution in [1.29, 1.82) is 0 Å². The number of unbranched alkanes of at least 4 members (excludes halogenated alkanes) is 1. The van der Waals surface area contributed by atoms with Gasteiger partial charge in [0.1, 0.15) is 11.6 Å². The Morgan fingerprint density at radius 1 is 1.30 bits per heavy atom. The lowest BCUT2D eigenvalue weighted by atomic mass is 9.89. The van der Waals surface area contributed by atoms with Crippen molar-refractivity contribution >= 4 is 0 Å². The van der Waals surface area contributed by atoms with Crippen molar-refractivity contribution in [3.8, 4) is 5.75 Å². The molecule has 0 spiro atoms. The molecule has 3 heteroatoms. The third kappa shape index (κ3) is 4.78. The zero-order valence-electron chi connectivity index (χ0n) is 13.2. The Morgan fingerprint density at radius 3 is 2.55 bits per heavy atom. The van der Waals surface area contributed by atoms with Crippen LogP contribution in [0.3, 0.4) is 0 Å². The lowest BCUT2D eigenvalue weighted by Crippen LogP contribution is -2.21. The number of nitrogens with one attached hydrogen (secondary N) is 1. The molecule has 1 rings (SSSR count). The predicted octanol–water partition coefficient (Wildman–Crippen LogP) is 4.70. The maximum absolute atomic E-state index is 14.2. The highest BCUT2D eigenvalue weighted by atomic mass is 19.1. The van der Waals surface area contributed by atoms with Crippen LogP contribution >= 0.6 is 0 Å². The van der Waals surface area contributed by atoms with Gasteiger partial charge in [0.05, 0.1) is 7.11 Å². The second kappa shape index (κ2) is 8.96. The molecule has 20 heavy (non-hydrogen) atoms. The van der Waals surface area contributed by atoms with Gasteiger partial charge in [-0.1, -0.05) is 45.6 Å². The quantitative estimate of drug-likeness (QED) is 0.708. The molecule has 1 N–H and O–H groups in total. The Labute approximate surface area is 122 Å². The van der Waals surface area contributed by atoms with E-state index in [0.717, 1.165) is 18.4 Å². The van der Waals surface area contributed by atoms with Crippen molar-refractivity contribution in [2.75, 3.05) is 14.2 Å². The van der Waals surface area contributed by atoms with E-state index in [2.05, 4.69) is 19.2 Å². The normalized spacial score (nSPS) is 14.1. The number of benzene rings is 1. The minimum atomic E-state index is -0.186. The average Bonchev–Trinajstić information content (AvgIpc) is 2.48. The Balaban J connectivity index is 2.79. The highest BCUT2D eigenvalue weighted by molar-refractivity contribution is 5.30. The molecule has 0 fully saturated rings. The minimum Gasteiger partial charge on any atom is -0.497 e. The van der Waals surface area contributed by atoms with Crippen LogP contribution in [-0.4, -0.2) is 14.2 Å². The van der Waals surface area contributed by atoms with Gasteiger partial charge < -0.3 is 10.1 Å². The van der Waals surface area contributed by atoms with Crippen LogP contribution in [0.25, 0.3) is 0 Å². The van der Waals surface area contributed by atoms with Gasteiger partial charge in [0.15, 0.2) is 0 Å². The van der Waals surface area contributed by atoms with Crippen LogP contribution in [0.1, 0.15) is 57.6 Å². The van der Waals surface area contributed by atoms with Gasteiger partial charge in [-0.15, -0.1) is 0 Å². The highest BCUT2D eigenvalue weighted by Crippen LogP contribution is 2.29. The maximum atomic E-state index is 14.2. The fourth-order valence-corrected chi connectivity index (χ4v) is 2.63. The van der Waals surface area contributed by atoms with Crippen LogP contribution in [0.5, 0.6) is 5.75 Å². The van der Waals surface area contributed by atoms with Crippen molar-refractivity contribution in [3.05, 3.63) is 29.6 Å². The molecule has 114 valence electrons. The van der Waals surface area contributed by atoms with Crippen molar-refractivity contribution in [2.45, 2.75) is 52.0 Å². The van der Waals surface area contributed by atoms with Gasteiger partial charge in [0.25, 0.3) is 0 Å². The van der Waals surface area contributed by atoms with E-state index in [9.17, 15) is 4.39 Å². The van der Waals surface area contributed by atoms with E-state index in [1.54, 1.807) is 7.11 Å². The van der Waals surface area contributed by atoms with Crippen LogP contribution < -0.4 is 10.1 Å². The van der Waals surface area contributed by atoms with Crippen LogP contribution in [-0.2, 0) is 0 Å². The molecule has 0 aliphatic rings. The van der Waals surface area contributed by atoms with Crippen LogP contribution in [0, 0.1) is 11.7 Å². The molecule has 2 atom stereocenters. The Bertz CT molecular complexity index is 395. The van der Waals surface area contributed by atoms with Crippen molar-refractivity contribution in [2.24, 2.45) is 5.92 Å². The zero-order chi connectivity index (χ0) is 15.0. The van der Waals surface area contributed by atoms with Crippen LogP contribution in [0.15, 0.2) is 18.2 Å². The monoisotopic (exact) mass is 281 g/mol. The summed E-state index contributed by atoms with van der Waals surface area (Å²) in [5.41, 5.74) is 0.739. The van der Waals surface area contributed by atoms with Gasteiger partial charge in [-0.2, -0.15) is 0 Å². The molecule has 0 amide bonds. The zero-order valence-corrected chi connectivity index (χ0v) is 13.2. The number of methoxy groups -OCH3 is 1. The Kier molecular flexibility index (Phi) is 7.60. The molecule has 0 saturated carbocycles. The van der Waals surface area contributed by atoms with E-state index in [1.165, 1.54) is 25.3 Å². The van der Waals surface area contributed by atoms with E-state index < -0.39 is 0 Å². The summed E-state index contributed by atoms with van der Waals surface area (Å²) < 4.78 is 19.2. The van der Waals surface area contributed by atoms with Gasteiger partial charge >= 0.3 is 0 Å². The topological polar surface area (TPSA) is 21.3 Å². The highest BCUT2D eigenvalue weighted by Gasteiger charge is 2.18. The van der Waals surface area contributed by atoms with Crippen molar-refractivity contribution in [3.63, 3.8) is 0 Å². The summed E-state index contributed by atoms with van der Waals surface area (Å²) in [5.74, 6) is 1.03. The number of hydrogen-bond donors (Lipinski definition) is 1. The minimum absolute atomic E-state index is 0.0720. The van der Waals surface area contributed by atoms with Crippen molar-refractivity contribution < 1.29 is 9.13 Å². The standard InChI is InChI=1S/C17H28FNO/c1-5-7-8-13(6-2)11-17(19-3)15-10-9-14(20-4)12-16(15)18/h9-10,12-13,17,19H,5-8,11H2,1-4H3. The lowest BCUT2D eigenvalue weighted by molar-refractivity contribution is 0.357. The van der Waals surface area contributed by atoms with Crippen LogP contribution in [0.4, 0.5) is 4.39 Å². The molecule has 2 unspecified atom stereocenters. The van der Waals surface area contributed by atoms with Gasteiger partial charge in [-0.05, 0) is 25.5 Å². The molecule has 0 radical (unpaired) electrons. The van der Waals surface area contributed by atoms with Crippen LogP contribution in [0.2, 0.25) is 0 Å². The molecule has 0 aromatic heterocycles. The Hall–Kier alpha value is -1.09. The first-order valence-corrected chi connectivity index (χ1v) is 7.66. The molecule has 2 nitrogen and oxygen atoms in total. The van der Waals surface area contributed by atoms with Gasteiger partial charge in [0.2, 0.25) is 0 Å². The van der Waals surface area contributed by atoms with Crippen molar-refractivity contribution in [1.82, 2.24) is 5.32 Å². The van der Waals surface area contributed by atoms with E-state index in [1.807, 2.05) is 19.2 Å². The molecular weight excluding hydrogens is 253 g/mol. The first-order valence-electron chi connectivity index (χ1n) is 7.66. The molecule has 1 aromatic carbocycles. The van der Waals surface area contributed by atoms with Gasteiger partial charge in [-0.3, -0.25) is 0 Å². The SMILES string of the molecule is CCCCC(CC)CC(NC)c1ccc(OC)cc1F. The molecule has 0 bridgehead atoms.